The molecule has 3 saturated carbocycles. The monoisotopic (exact) mass is 396 g/mol. The van der Waals surface area contributed by atoms with Gasteiger partial charge in [0.15, 0.2) is 0 Å². The van der Waals surface area contributed by atoms with Gasteiger partial charge in [-0.1, -0.05) is 65.3 Å². The summed E-state index contributed by atoms with van der Waals surface area (Å²) in [5, 5.41) is 0. The van der Waals surface area contributed by atoms with E-state index in [0.717, 1.165) is 49.4 Å². The standard InChI is InChI=1S/C28H44O/c1-18(2)19(3)7-8-20(4)24-11-12-25-23-10-9-21-17-22(29)13-15-27(21,5)26(23)14-16-28(24,25)6/h7-8,10,18-21,24-26H,9,11-17H2,1-6H3/b8-7+/t19-,20+,21-,24-,25+,26+,27-,28-/m0/s1. The van der Waals surface area contributed by atoms with Crippen LogP contribution in [0.3, 0.4) is 0 Å². The highest BCUT2D eigenvalue weighted by atomic mass is 16.1. The van der Waals surface area contributed by atoms with Crippen molar-refractivity contribution in [2.45, 2.75) is 92.9 Å². The zero-order valence-corrected chi connectivity index (χ0v) is 19.8. The second kappa shape index (κ2) is 7.69. The van der Waals surface area contributed by atoms with Crippen LogP contribution in [-0.2, 0) is 4.79 Å². The van der Waals surface area contributed by atoms with E-state index < -0.39 is 0 Å². The fraction of sp³-hybridized carbons (Fsp3) is 0.821. The number of hydrogen-bond donors (Lipinski definition) is 0. The molecule has 0 heterocycles. The zero-order valence-electron chi connectivity index (χ0n) is 19.8. The maximum atomic E-state index is 12.1. The third-order valence-electron chi connectivity index (χ3n) is 10.4. The maximum Gasteiger partial charge on any atom is 0.133 e. The first-order valence-electron chi connectivity index (χ1n) is 12.6. The zero-order chi connectivity index (χ0) is 21.0. The van der Waals surface area contributed by atoms with Gasteiger partial charge in [0, 0.05) is 12.8 Å². The minimum Gasteiger partial charge on any atom is -0.300 e. The summed E-state index contributed by atoms with van der Waals surface area (Å²) in [6, 6.07) is 0. The van der Waals surface area contributed by atoms with Crippen LogP contribution in [0.5, 0.6) is 0 Å². The molecule has 4 rings (SSSR count). The molecule has 1 heteroatoms. The van der Waals surface area contributed by atoms with Gasteiger partial charge < -0.3 is 0 Å². The third-order valence-corrected chi connectivity index (χ3v) is 10.4. The van der Waals surface area contributed by atoms with Gasteiger partial charge in [0.25, 0.3) is 0 Å². The van der Waals surface area contributed by atoms with Crippen LogP contribution >= 0.6 is 0 Å². The average molecular weight is 397 g/mol. The topological polar surface area (TPSA) is 17.1 Å². The van der Waals surface area contributed by atoms with Crippen LogP contribution in [0.1, 0.15) is 92.9 Å². The first-order chi connectivity index (χ1) is 13.7. The van der Waals surface area contributed by atoms with Gasteiger partial charge >= 0.3 is 0 Å². The highest BCUT2D eigenvalue weighted by Crippen LogP contribution is 2.66. The van der Waals surface area contributed by atoms with Gasteiger partial charge in [-0.15, -0.1) is 0 Å². The first-order valence-corrected chi connectivity index (χ1v) is 12.6. The molecule has 0 aliphatic heterocycles. The van der Waals surface area contributed by atoms with E-state index in [0.29, 0.717) is 34.4 Å². The van der Waals surface area contributed by atoms with Gasteiger partial charge in [0.05, 0.1) is 0 Å². The number of hydrogen-bond acceptors (Lipinski definition) is 1. The van der Waals surface area contributed by atoms with Crippen molar-refractivity contribution in [2.24, 2.45) is 52.3 Å². The van der Waals surface area contributed by atoms with E-state index in [4.69, 9.17) is 0 Å². The van der Waals surface area contributed by atoms with Gasteiger partial charge in [0.2, 0.25) is 0 Å². The molecular formula is C28H44O. The SMILES string of the molecule is CC(C)[C@@H](C)/C=C/[C@@H](C)[C@@H]1CC[C@@H]2C3=CC[C@H]4CC(=O)CC[C@]4(C)[C@@H]3CC[C@]21C. The molecule has 0 N–H and O–H groups in total. The highest BCUT2D eigenvalue weighted by Gasteiger charge is 2.57. The van der Waals surface area contributed by atoms with Crippen LogP contribution in [0, 0.1) is 52.3 Å². The van der Waals surface area contributed by atoms with Gasteiger partial charge in [-0.05, 0) is 90.8 Å². The number of ketones is 1. The summed E-state index contributed by atoms with van der Waals surface area (Å²) in [4.78, 5) is 12.1. The Morgan fingerprint density at radius 1 is 0.966 bits per heavy atom. The van der Waals surface area contributed by atoms with Crippen molar-refractivity contribution < 1.29 is 4.79 Å². The van der Waals surface area contributed by atoms with Crippen molar-refractivity contribution in [3.8, 4) is 0 Å². The fourth-order valence-corrected chi connectivity index (χ4v) is 7.91. The lowest BCUT2D eigenvalue weighted by atomic mass is 9.48. The van der Waals surface area contributed by atoms with Crippen LogP contribution in [-0.4, -0.2) is 5.78 Å². The van der Waals surface area contributed by atoms with Crippen molar-refractivity contribution in [1.82, 2.24) is 0 Å². The molecule has 0 spiro atoms. The van der Waals surface area contributed by atoms with Crippen molar-refractivity contribution in [1.29, 1.82) is 0 Å². The van der Waals surface area contributed by atoms with E-state index >= 15 is 0 Å². The van der Waals surface area contributed by atoms with Crippen molar-refractivity contribution in [2.75, 3.05) is 0 Å². The number of allylic oxidation sites excluding steroid dienone is 4. The quantitative estimate of drug-likeness (QED) is 0.447. The first kappa shape index (κ1) is 21.4. The molecule has 0 aromatic heterocycles. The van der Waals surface area contributed by atoms with Crippen LogP contribution < -0.4 is 0 Å². The fourth-order valence-electron chi connectivity index (χ4n) is 7.91. The molecule has 1 nitrogen and oxygen atoms in total. The Morgan fingerprint density at radius 2 is 1.69 bits per heavy atom. The van der Waals surface area contributed by atoms with Gasteiger partial charge in [-0.3, -0.25) is 4.79 Å². The Morgan fingerprint density at radius 3 is 2.41 bits per heavy atom. The lowest BCUT2D eigenvalue weighted by Gasteiger charge is -2.57. The second-order valence-corrected chi connectivity index (χ2v) is 12.1. The van der Waals surface area contributed by atoms with Crippen LogP contribution in [0.4, 0.5) is 0 Å². The van der Waals surface area contributed by atoms with Crippen molar-refractivity contribution in [3.05, 3.63) is 23.8 Å². The minimum atomic E-state index is 0.385. The lowest BCUT2D eigenvalue weighted by Crippen LogP contribution is -2.49. The smallest absolute Gasteiger partial charge is 0.133 e. The average Bonchev–Trinajstić information content (AvgIpc) is 3.03. The summed E-state index contributed by atoms with van der Waals surface area (Å²) >= 11 is 0. The number of fused-ring (bicyclic) bond motifs is 5. The van der Waals surface area contributed by atoms with Crippen LogP contribution in [0.15, 0.2) is 23.8 Å². The molecule has 0 saturated heterocycles. The molecule has 162 valence electrons. The molecule has 0 aromatic carbocycles. The Labute approximate surface area is 179 Å². The third kappa shape index (κ3) is 3.49. The molecule has 0 radical (unpaired) electrons. The Kier molecular flexibility index (Phi) is 5.67. The predicted molar refractivity (Wildman–Crippen MR) is 123 cm³/mol. The molecule has 3 fully saturated rings. The van der Waals surface area contributed by atoms with Crippen LogP contribution in [0.2, 0.25) is 0 Å². The summed E-state index contributed by atoms with van der Waals surface area (Å²) in [6.07, 6.45) is 17.2. The summed E-state index contributed by atoms with van der Waals surface area (Å²) < 4.78 is 0. The summed E-state index contributed by atoms with van der Waals surface area (Å²) in [6.45, 7) is 14.7. The number of carbonyl (C=O) groups excluding carboxylic acids is 1. The Balaban J connectivity index is 1.55. The largest absolute Gasteiger partial charge is 0.300 e. The summed E-state index contributed by atoms with van der Waals surface area (Å²) in [5.41, 5.74) is 2.68. The second-order valence-electron chi connectivity index (χ2n) is 12.1. The van der Waals surface area contributed by atoms with E-state index in [2.05, 4.69) is 59.8 Å². The molecule has 4 aliphatic carbocycles. The number of carbonyl (C=O) groups is 1. The van der Waals surface area contributed by atoms with Crippen molar-refractivity contribution >= 4 is 5.78 Å². The highest BCUT2D eigenvalue weighted by molar-refractivity contribution is 5.79. The van der Waals surface area contributed by atoms with Gasteiger partial charge in [-0.2, -0.15) is 0 Å². The minimum absolute atomic E-state index is 0.385. The van der Waals surface area contributed by atoms with E-state index in [1.165, 1.54) is 25.7 Å². The maximum absolute atomic E-state index is 12.1. The molecular weight excluding hydrogens is 352 g/mol. The van der Waals surface area contributed by atoms with E-state index in [-0.39, 0.29) is 0 Å². The lowest BCUT2D eigenvalue weighted by molar-refractivity contribution is -0.127. The molecule has 0 unspecified atom stereocenters. The molecule has 8 atom stereocenters. The van der Waals surface area contributed by atoms with Gasteiger partial charge in [0.1, 0.15) is 5.78 Å². The Bertz CT molecular complexity index is 699. The van der Waals surface area contributed by atoms with Crippen molar-refractivity contribution in [3.63, 3.8) is 0 Å². The summed E-state index contributed by atoms with van der Waals surface area (Å²) in [5.74, 6) is 5.57. The normalized spacial score (nSPS) is 44.2. The van der Waals surface area contributed by atoms with E-state index in [1.54, 1.807) is 0 Å². The molecule has 4 aliphatic rings. The number of rotatable bonds is 4. The molecule has 29 heavy (non-hydrogen) atoms. The Hall–Kier alpha value is -0.850. The number of Topliss-reactive ketones (excluding diaryl/α,β-unsaturated/α-hetero) is 1. The van der Waals surface area contributed by atoms with Crippen LogP contribution in [0.25, 0.3) is 0 Å². The predicted octanol–water partition coefficient (Wildman–Crippen LogP) is 7.62. The molecule has 0 amide bonds. The summed E-state index contributed by atoms with van der Waals surface area (Å²) in [7, 11) is 0. The molecule has 0 bridgehead atoms. The van der Waals surface area contributed by atoms with E-state index in [9.17, 15) is 4.79 Å². The van der Waals surface area contributed by atoms with E-state index in [1.807, 2.05) is 5.57 Å². The van der Waals surface area contributed by atoms with Gasteiger partial charge in [-0.25, -0.2) is 0 Å². The molecule has 0 aromatic rings.